The molecule has 0 aliphatic rings. The van der Waals surface area contributed by atoms with Crippen LogP contribution in [0, 0.1) is 6.92 Å². The maximum Gasteiger partial charge on any atom is 0.221 e. The average molecular weight is 234 g/mol. The molecule has 0 radical (unpaired) electrons. The summed E-state index contributed by atoms with van der Waals surface area (Å²) < 4.78 is 0. The van der Waals surface area contributed by atoms with Gasteiger partial charge >= 0.3 is 0 Å². The minimum Gasteiger partial charge on any atom is -0.368 e. The van der Waals surface area contributed by atoms with Crippen molar-refractivity contribution in [3.05, 3.63) is 34.2 Å². The molecule has 0 spiro atoms. The summed E-state index contributed by atoms with van der Waals surface area (Å²) in [5.41, 5.74) is 6.63. The topological polar surface area (TPSA) is 55.0 Å². The molecule has 0 unspecified atom stereocenters. The number of rotatable bonds is 3. The summed E-state index contributed by atoms with van der Waals surface area (Å²) in [5.74, 6) is 1.21. The van der Waals surface area contributed by atoms with Gasteiger partial charge in [0.05, 0.1) is 6.54 Å². The molecule has 2 heterocycles. The highest BCUT2D eigenvalue weighted by molar-refractivity contribution is 7.09. The molecular weight excluding hydrogens is 220 g/mol. The highest BCUT2D eigenvalue weighted by Crippen LogP contribution is 2.19. The molecule has 0 saturated heterocycles. The molecule has 2 N–H and O–H groups in total. The molecule has 0 fully saturated rings. The third kappa shape index (κ3) is 2.30. The van der Waals surface area contributed by atoms with Gasteiger partial charge in [-0.15, -0.1) is 11.3 Å². The Hall–Kier alpha value is -1.62. The van der Waals surface area contributed by atoms with Gasteiger partial charge in [0.15, 0.2) is 0 Å². The zero-order valence-electron chi connectivity index (χ0n) is 9.34. The van der Waals surface area contributed by atoms with E-state index in [1.165, 1.54) is 4.88 Å². The summed E-state index contributed by atoms with van der Waals surface area (Å²) in [7, 11) is 2.01. The van der Waals surface area contributed by atoms with Crippen LogP contribution in [0.5, 0.6) is 0 Å². The van der Waals surface area contributed by atoms with E-state index in [2.05, 4.69) is 32.4 Å². The molecule has 0 atom stereocenters. The Bertz CT molecular complexity index is 467. The van der Waals surface area contributed by atoms with Crippen molar-refractivity contribution in [3.8, 4) is 0 Å². The van der Waals surface area contributed by atoms with E-state index in [4.69, 9.17) is 5.73 Å². The van der Waals surface area contributed by atoms with Gasteiger partial charge in [-0.3, -0.25) is 0 Å². The number of aromatic nitrogens is 2. The highest BCUT2D eigenvalue weighted by atomic mass is 32.1. The average Bonchev–Trinajstić information content (AvgIpc) is 2.74. The molecule has 84 valence electrons. The standard InChI is InChI=1S/C11H14N4S/c1-8-6-13-11(12)14-10(8)15(2)7-9-4-3-5-16-9/h3-6H,7H2,1-2H3,(H2,12,13,14). The van der Waals surface area contributed by atoms with Crippen LogP contribution < -0.4 is 10.6 Å². The van der Waals surface area contributed by atoms with E-state index in [0.717, 1.165) is 17.9 Å². The molecule has 2 rings (SSSR count). The lowest BCUT2D eigenvalue weighted by atomic mass is 10.3. The lowest BCUT2D eigenvalue weighted by Gasteiger charge is -2.19. The van der Waals surface area contributed by atoms with Gasteiger partial charge in [0.1, 0.15) is 5.82 Å². The Morgan fingerprint density at radius 1 is 1.50 bits per heavy atom. The van der Waals surface area contributed by atoms with Crippen LogP contribution in [-0.4, -0.2) is 17.0 Å². The van der Waals surface area contributed by atoms with Crippen LogP contribution in [-0.2, 0) is 6.54 Å². The van der Waals surface area contributed by atoms with Gasteiger partial charge in [-0.25, -0.2) is 4.98 Å². The number of nitrogens with two attached hydrogens (primary N) is 1. The third-order valence-corrected chi connectivity index (χ3v) is 3.16. The van der Waals surface area contributed by atoms with E-state index in [-0.39, 0.29) is 0 Å². The van der Waals surface area contributed by atoms with Crippen molar-refractivity contribution in [1.82, 2.24) is 9.97 Å². The van der Waals surface area contributed by atoms with Gasteiger partial charge in [-0.2, -0.15) is 4.98 Å². The molecule has 16 heavy (non-hydrogen) atoms. The van der Waals surface area contributed by atoms with Crippen LogP contribution in [0.15, 0.2) is 23.7 Å². The predicted molar refractivity (Wildman–Crippen MR) is 67.6 cm³/mol. The van der Waals surface area contributed by atoms with Gasteiger partial charge in [-0.05, 0) is 18.4 Å². The lowest BCUT2D eigenvalue weighted by molar-refractivity contribution is 0.898. The summed E-state index contributed by atoms with van der Waals surface area (Å²) in [6.45, 7) is 2.83. The summed E-state index contributed by atoms with van der Waals surface area (Å²) in [6, 6.07) is 4.16. The van der Waals surface area contributed by atoms with Crippen LogP contribution in [0.1, 0.15) is 10.4 Å². The Labute approximate surface area is 98.8 Å². The van der Waals surface area contributed by atoms with Crippen molar-refractivity contribution in [1.29, 1.82) is 0 Å². The van der Waals surface area contributed by atoms with Crippen LogP contribution in [0.25, 0.3) is 0 Å². The Morgan fingerprint density at radius 3 is 3.00 bits per heavy atom. The minimum absolute atomic E-state index is 0.318. The van der Waals surface area contributed by atoms with Gasteiger partial charge in [-0.1, -0.05) is 6.07 Å². The minimum atomic E-state index is 0.318. The van der Waals surface area contributed by atoms with E-state index in [1.54, 1.807) is 17.5 Å². The van der Waals surface area contributed by atoms with Crippen molar-refractivity contribution >= 4 is 23.1 Å². The number of nitrogens with zero attached hydrogens (tertiary/aromatic N) is 3. The van der Waals surface area contributed by atoms with Gasteiger partial charge in [0, 0.05) is 23.7 Å². The molecule has 0 aliphatic heterocycles. The first-order valence-corrected chi connectivity index (χ1v) is 5.87. The molecule has 0 aromatic carbocycles. The maximum absolute atomic E-state index is 5.59. The van der Waals surface area contributed by atoms with Crippen molar-refractivity contribution < 1.29 is 0 Å². The first-order chi connectivity index (χ1) is 7.66. The van der Waals surface area contributed by atoms with Crippen LogP contribution in [0.4, 0.5) is 11.8 Å². The second kappa shape index (κ2) is 4.49. The van der Waals surface area contributed by atoms with Gasteiger partial charge < -0.3 is 10.6 Å². The highest BCUT2D eigenvalue weighted by Gasteiger charge is 2.08. The van der Waals surface area contributed by atoms with Gasteiger partial charge in [0.25, 0.3) is 0 Å². The zero-order chi connectivity index (χ0) is 11.5. The maximum atomic E-state index is 5.59. The molecule has 0 bridgehead atoms. The second-order valence-corrected chi connectivity index (χ2v) is 4.70. The Morgan fingerprint density at radius 2 is 2.31 bits per heavy atom. The first-order valence-electron chi connectivity index (χ1n) is 4.99. The summed E-state index contributed by atoms with van der Waals surface area (Å²) in [5, 5.41) is 2.07. The van der Waals surface area contributed by atoms with E-state index < -0.39 is 0 Å². The summed E-state index contributed by atoms with van der Waals surface area (Å²) in [6.07, 6.45) is 1.75. The van der Waals surface area contributed by atoms with Crippen molar-refractivity contribution in [2.24, 2.45) is 0 Å². The number of hydrogen-bond acceptors (Lipinski definition) is 5. The van der Waals surface area contributed by atoms with Crippen LogP contribution >= 0.6 is 11.3 Å². The summed E-state index contributed by atoms with van der Waals surface area (Å²) >= 11 is 1.74. The fourth-order valence-electron chi connectivity index (χ4n) is 1.54. The monoisotopic (exact) mass is 234 g/mol. The quantitative estimate of drug-likeness (QED) is 0.883. The molecule has 2 aromatic rings. The van der Waals surface area contributed by atoms with E-state index in [9.17, 15) is 0 Å². The van der Waals surface area contributed by atoms with Crippen molar-refractivity contribution in [2.45, 2.75) is 13.5 Å². The molecule has 0 amide bonds. The zero-order valence-corrected chi connectivity index (χ0v) is 10.2. The predicted octanol–water partition coefficient (Wildman–Crippen LogP) is 2.07. The number of anilines is 2. The smallest absolute Gasteiger partial charge is 0.221 e. The van der Waals surface area contributed by atoms with E-state index in [0.29, 0.717) is 5.95 Å². The summed E-state index contributed by atoms with van der Waals surface area (Å²) in [4.78, 5) is 11.6. The van der Waals surface area contributed by atoms with Crippen LogP contribution in [0.3, 0.4) is 0 Å². The molecule has 5 heteroatoms. The number of nitrogen functional groups attached to an aromatic ring is 1. The SMILES string of the molecule is Cc1cnc(N)nc1N(C)Cc1cccs1. The number of hydrogen-bond donors (Lipinski definition) is 1. The molecular formula is C11H14N4S. The van der Waals surface area contributed by atoms with Crippen molar-refractivity contribution in [2.75, 3.05) is 17.7 Å². The number of thiophene rings is 1. The Balaban J connectivity index is 2.20. The molecule has 2 aromatic heterocycles. The van der Waals surface area contributed by atoms with E-state index >= 15 is 0 Å². The normalized spacial score (nSPS) is 10.4. The largest absolute Gasteiger partial charge is 0.368 e. The number of aryl methyl sites for hydroxylation is 1. The second-order valence-electron chi connectivity index (χ2n) is 3.67. The molecule has 4 nitrogen and oxygen atoms in total. The fraction of sp³-hybridized carbons (Fsp3) is 0.273. The Kier molecular flexibility index (Phi) is 3.05. The van der Waals surface area contributed by atoms with E-state index in [1.807, 2.05) is 14.0 Å². The lowest BCUT2D eigenvalue weighted by Crippen LogP contribution is -2.19. The molecule has 0 saturated carbocycles. The van der Waals surface area contributed by atoms with Crippen molar-refractivity contribution in [3.63, 3.8) is 0 Å². The van der Waals surface area contributed by atoms with Crippen LogP contribution in [0.2, 0.25) is 0 Å². The van der Waals surface area contributed by atoms with Gasteiger partial charge in [0.2, 0.25) is 5.95 Å². The third-order valence-electron chi connectivity index (χ3n) is 2.30. The fourth-order valence-corrected chi connectivity index (χ4v) is 2.30. The molecule has 0 aliphatic carbocycles. The first kappa shape index (κ1) is 10.9.